The molecule has 0 atom stereocenters. The van der Waals surface area contributed by atoms with Crippen molar-refractivity contribution in [3.63, 3.8) is 0 Å². The highest BCUT2D eigenvalue weighted by atomic mass is 17.1. The molecule has 0 aromatic heterocycles. The molecule has 17 heavy (non-hydrogen) atoms. The van der Waals surface area contributed by atoms with Gasteiger partial charge in [-0.15, -0.1) is 0 Å². The van der Waals surface area contributed by atoms with Gasteiger partial charge in [-0.2, -0.15) is 0 Å². The van der Waals surface area contributed by atoms with Gasteiger partial charge in [0.1, 0.15) is 0 Å². The van der Waals surface area contributed by atoms with Gasteiger partial charge in [0, 0.05) is 12.0 Å². The highest BCUT2D eigenvalue weighted by Gasteiger charge is 2.20. The minimum absolute atomic E-state index is 0.128. The maximum atomic E-state index is 11.7. The summed E-state index contributed by atoms with van der Waals surface area (Å²) in [6.07, 6.45) is 1.66. The molecule has 0 fully saturated rings. The first kappa shape index (κ1) is 13.2. The van der Waals surface area contributed by atoms with Crippen molar-refractivity contribution in [1.82, 2.24) is 0 Å². The van der Waals surface area contributed by atoms with E-state index in [4.69, 9.17) is 4.74 Å². The zero-order chi connectivity index (χ0) is 12.5. The number of hydrogen-bond acceptors (Lipinski definition) is 3. The molecule has 0 aliphatic rings. The largest absolute Gasteiger partial charge is 0.588 e. The van der Waals surface area contributed by atoms with Crippen LogP contribution in [0.2, 0.25) is 0 Å². The quantitative estimate of drug-likeness (QED) is 0.143. The SMILES string of the molecule is CCCCOC(CC(=O)c1ccccc1)=[O+][O-]. The summed E-state index contributed by atoms with van der Waals surface area (Å²) in [5, 5.41) is 10.4. The molecule has 0 saturated carbocycles. The third kappa shape index (κ3) is 4.68. The Kier molecular flexibility index (Phi) is 5.79. The molecule has 92 valence electrons. The van der Waals surface area contributed by atoms with Gasteiger partial charge in [-0.05, 0) is 0 Å². The van der Waals surface area contributed by atoms with Crippen molar-refractivity contribution in [3.05, 3.63) is 35.9 Å². The van der Waals surface area contributed by atoms with Gasteiger partial charge in [-0.25, -0.2) is 0 Å². The van der Waals surface area contributed by atoms with Crippen molar-refractivity contribution in [3.8, 4) is 0 Å². The molecule has 0 spiro atoms. The van der Waals surface area contributed by atoms with E-state index < -0.39 is 0 Å². The van der Waals surface area contributed by atoms with Crippen molar-refractivity contribution in [1.29, 1.82) is 0 Å². The lowest BCUT2D eigenvalue weighted by Crippen LogP contribution is -2.18. The number of ether oxygens (including phenoxy) is 1. The van der Waals surface area contributed by atoms with Crippen molar-refractivity contribution in [2.24, 2.45) is 0 Å². The van der Waals surface area contributed by atoms with Gasteiger partial charge < -0.3 is 9.99 Å². The minimum atomic E-state index is -0.187. The van der Waals surface area contributed by atoms with Gasteiger partial charge in [0.05, 0.1) is 0 Å². The van der Waals surface area contributed by atoms with Crippen LogP contribution >= 0.6 is 0 Å². The lowest BCUT2D eigenvalue weighted by atomic mass is 10.1. The normalized spacial score (nSPS) is 11.2. The van der Waals surface area contributed by atoms with E-state index in [9.17, 15) is 10.1 Å². The van der Waals surface area contributed by atoms with Gasteiger partial charge in [-0.1, -0.05) is 43.7 Å². The van der Waals surface area contributed by atoms with Gasteiger partial charge in [0.2, 0.25) is 0 Å². The van der Waals surface area contributed by atoms with Crippen LogP contribution in [0.15, 0.2) is 30.3 Å². The third-order valence-electron chi connectivity index (χ3n) is 2.25. The monoisotopic (exact) mass is 236 g/mol. The average molecular weight is 236 g/mol. The second-order valence-electron chi connectivity index (χ2n) is 3.62. The van der Waals surface area contributed by atoms with Crippen LogP contribution in [0.3, 0.4) is 0 Å². The summed E-state index contributed by atoms with van der Waals surface area (Å²) in [7, 11) is 0. The molecule has 1 rings (SSSR count). The Morgan fingerprint density at radius 3 is 2.65 bits per heavy atom. The molecule has 1 aromatic rings. The van der Waals surface area contributed by atoms with Gasteiger partial charge in [0.25, 0.3) is 0 Å². The molecule has 0 N–H and O–H groups in total. The second-order valence-corrected chi connectivity index (χ2v) is 3.62. The number of esters is 1. The van der Waals surface area contributed by atoms with Crippen LogP contribution < -0.4 is 5.26 Å². The molecule has 0 bridgehead atoms. The average Bonchev–Trinajstić information content (AvgIpc) is 2.38. The highest BCUT2D eigenvalue weighted by molar-refractivity contribution is 6.05. The summed E-state index contributed by atoms with van der Waals surface area (Å²) in [5.41, 5.74) is 0.543. The first-order chi connectivity index (χ1) is 8.27. The molecular formula is C13H16O4. The van der Waals surface area contributed by atoms with Crippen LogP contribution in [0.5, 0.6) is 0 Å². The Bertz CT molecular complexity index is 370. The standard InChI is InChI=1S/C13H16O4/c1-2-3-9-16-13(17-15)10-12(14)11-7-5-4-6-8-11/h4-8H,2-3,9-10H2,1H3. The second kappa shape index (κ2) is 7.44. The van der Waals surface area contributed by atoms with Crippen LogP contribution in [-0.2, 0) is 9.31 Å². The van der Waals surface area contributed by atoms with E-state index in [2.05, 4.69) is 4.58 Å². The van der Waals surface area contributed by atoms with Crippen molar-refractivity contribution >= 4 is 11.8 Å². The molecule has 4 heteroatoms. The zero-order valence-electron chi connectivity index (χ0n) is 9.85. The maximum absolute atomic E-state index is 11.7. The number of hydrogen-bond donors (Lipinski definition) is 0. The molecule has 4 nitrogen and oxygen atoms in total. The van der Waals surface area contributed by atoms with Crippen LogP contribution in [-0.4, -0.2) is 18.4 Å². The highest BCUT2D eigenvalue weighted by Crippen LogP contribution is 2.04. The topological polar surface area (TPSA) is 60.7 Å². The molecule has 0 aliphatic heterocycles. The number of carbonyl (C=O) groups is 1. The number of Topliss-reactive ketones (excluding diaryl/α,β-unsaturated/α-hetero) is 1. The lowest BCUT2D eigenvalue weighted by Gasteiger charge is -1.99. The summed E-state index contributed by atoms with van der Waals surface area (Å²) < 4.78 is 8.90. The fraction of sp³-hybridized carbons (Fsp3) is 0.385. The lowest BCUT2D eigenvalue weighted by molar-refractivity contribution is -1.05. The van der Waals surface area contributed by atoms with E-state index in [-0.39, 0.29) is 18.2 Å². The van der Waals surface area contributed by atoms with Gasteiger partial charge in [0.15, 0.2) is 18.8 Å². The third-order valence-corrected chi connectivity index (χ3v) is 2.25. The summed E-state index contributed by atoms with van der Waals surface area (Å²) in [6.45, 7) is 2.41. The van der Waals surface area contributed by atoms with Crippen LogP contribution in [0.1, 0.15) is 36.5 Å². The number of unbranched alkanes of at least 4 members (excludes halogenated alkanes) is 1. The fourth-order valence-corrected chi connectivity index (χ4v) is 1.29. The van der Waals surface area contributed by atoms with Crippen molar-refractivity contribution in [2.75, 3.05) is 6.61 Å². The molecule has 1 aromatic carbocycles. The number of benzene rings is 1. The number of ketones is 1. The molecule has 0 amide bonds. The van der Waals surface area contributed by atoms with E-state index >= 15 is 0 Å². The van der Waals surface area contributed by atoms with Gasteiger partial charge in [-0.3, -0.25) is 9.37 Å². The van der Waals surface area contributed by atoms with Crippen molar-refractivity contribution in [2.45, 2.75) is 26.2 Å². The van der Waals surface area contributed by atoms with E-state index in [0.717, 1.165) is 12.8 Å². The molecule has 0 heterocycles. The van der Waals surface area contributed by atoms with Crippen LogP contribution in [0.4, 0.5) is 0 Å². The maximum Gasteiger partial charge on any atom is 0.505 e. The summed E-state index contributed by atoms with van der Waals surface area (Å²) >= 11 is 0. The van der Waals surface area contributed by atoms with E-state index in [0.29, 0.717) is 12.2 Å². The van der Waals surface area contributed by atoms with E-state index in [1.165, 1.54) is 0 Å². The molecule has 0 unspecified atom stereocenters. The van der Waals surface area contributed by atoms with Crippen molar-refractivity contribution < 1.29 is 19.4 Å². The van der Waals surface area contributed by atoms with Crippen LogP contribution in [0.25, 0.3) is 0 Å². The Balaban J connectivity index is 2.49. The fourth-order valence-electron chi connectivity index (χ4n) is 1.29. The number of rotatable bonds is 6. The zero-order valence-corrected chi connectivity index (χ0v) is 9.85. The molecular weight excluding hydrogens is 220 g/mol. The van der Waals surface area contributed by atoms with Crippen LogP contribution in [0, 0.1) is 0 Å². The summed E-state index contributed by atoms with van der Waals surface area (Å²) in [4.78, 5) is 11.7. The Morgan fingerprint density at radius 2 is 2.06 bits per heavy atom. The predicted molar refractivity (Wildman–Crippen MR) is 61.3 cm³/mol. The molecule has 0 aliphatic carbocycles. The van der Waals surface area contributed by atoms with E-state index in [1.807, 2.05) is 13.0 Å². The minimum Gasteiger partial charge on any atom is -0.588 e. The predicted octanol–water partition coefficient (Wildman–Crippen LogP) is 1.41. The molecule has 0 radical (unpaired) electrons. The first-order valence-corrected chi connectivity index (χ1v) is 5.64. The van der Waals surface area contributed by atoms with E-state index in [1.54, 1.807) is 24.3 Å². The van der Waals surface area contributed by atoms with Gasteiger partial charge >= 0.3 is 5.97 Å². The summed E-state index contributed by atoms with van der Waals surface area (Å²) in [5.74, 6) is -0.347. The smallest absolute Gasteiger partial charge is 0.505 e. The Morgan fingerprint density at radius 1 is 1.35 bits per heavy atom. The summed E-state index contributed by atoms with van der Waals surface area (Å²) in [6, 6.07) is 8.74. The number of carbonyl (C=O) groups excluding carboxylic acids is 2. The molecule has 0 saturated heterocycles. The Labute approximate surface area is 100 Å². The Hall–Kier alpha value is -1.84. The first-order valence-electron chi connectivity index (χ1n) is 5.64.